The summed E-state index contributed by atoms with van der Waals surface area (Å²) in [5, 5.41) is 10.9. The van der Waals surface area contributed by atoms with Gasteiger partial charge in [0.2, 0.25) is 10.0 Å². The molecule has 1 aliphatic rings. The summed E-state index contributed by atoms with van der Waals surface area (Å²) in [5.41, 5.74) is 0.665. The van der Waals surface area contributed by atoms with Crippen LogP contribution in [-0.2, 0) is 10.0 Å². The van der Waals surface area contributed by atoms with Gasteiger partial charge in [0, 0.05) is 18.1 Å². The summed E-state index contributed by atoms with van der Waals surface area (Å²) in [7, 11) is -3.66. The van der Waals surface area contributed by atoms with Crippen molar-refractivity contribution < 1.29 is 13.5 Å². The normalized spacial score (nSPS) is 21.4. The fourth-order valence-corrected chi connectivity index (χ4v) is 5.24. The monoisotopic (exact) mass is 334 g/mol. The van der Waals surface area contributed by atoms with Crippen molar-refractivity contribution >= 4 is 20.9 Å². The average Bonchev–Trinajstić information content (AvgIpc) is 2.60. The first-order valence-electron chi connectivity index (χ1n) is 8.09. The molecule has 1 saturated heterocycles. The maximum Gasteiger partial charge on any atom is 0.244 e. The lowest BCUT2D eigenvalue weighted by atomic mass is 9.98. The number of hydrogen-bond acceptors (Lipinski definition) is 4. The Kier molecular flexibility index (Phi) is 4.66. The van der Waals surface area contributed by atoms with Crippen molar-refractivity contribution in [2.45, 2.75) is 49.6 Å². The van der Waals surface area contributed by atoms with E-state index in [9.17, 15) is 13.5 Å². The Bertz CT molecular complexity index is 786. The van der Waals surface area contributed by atoms with Gasteiger partial charge in [-0.1, -0.05) is 19.4 Å². The van der Waals surface area contributed by atoms with Crippen LogP contribution in [0, 0.1) is 0 Å². The standard InChI is InChI=1S/C17H22N2O3S/c1-2-16(20)15-9-3-4-12-19(15)23(21,22)17-10-5-8-14-13(17)7-6-11-18-14/h5-8,10-11,15-16,20H,2-4,9,12H2,1H3. The summed E-state index contributed by atoms with van der Waals surface area (Å²) in [6.07, 6.45) is 4.06. The number of aliphatic hydroxyl groups excluding tert-OH is 1. The number of nitrogens with zero attached hydrogens (tertiary/aromatic N) is 2. The Labute approximate surface area is 137 Å². The maximum absolute atomic E-state index is 13.2. The molecule has 0 amide bonds. The van der Waals surface area contributed by atoms with Crippen LogP contribution in [0.1, 0.15) is 32.6 Å². The van der Waals surface area contributed by atoms with Crippen molar-refractivity contribution in [2.75, 3.05) is 6.54 Å². The van der Waals surface area contributed by atoms with Gasteiger partial charge in [-0.2, -0.15) is 4.31 Å². The third kappa shape index (κ3) is 2.98. The van der Waals surface area contributed by atoms with Crippen LogP contribution in [0.15, 0.2) is 41.4 Å². The Hall–Kier alpha value is -1.50. The maximum atomic E-state index is 13.2. The summed E-state index contributed by atoms with van der Waals surface area (Å²) in [5.74, 6) is 0. The van der Waals surface area contributed by atoms with Gasteiger partial charge in [-0.15, -0.1) is 0 Å². The Morgan fingerprint density at radius 3 is 2.91 bits per heavy atom. The van der Waals surface area contributed by atoms with E-state index in [4.69, 9.17) is 0 Å². The average molecular weight is 334 g/mol. The molecular weight excluding hydrogens is 312 g/mol. The van der Waals surface area contributed by atoms with Crippen LogP contribution in [0.2, 0.25) is 0 Å². The van der Waals surface area contributed by atoms with Crippen LogP contribution >= 0.6 is 0 Å². The van der Waals surface area contributed by atoms with E-state index in [-0.39, 0.29) is 10.9 Å². The van der Waals surface area contributed by atoms with Gasteiger partial charge in [0.25, 0.3) is 0 Å². The van der Waals surface area contributed by atoms with Crippen LogP contribution in [0.3, 0.4) is 0 Å². The second-order valence-electron chi connectivity index (χ2n) is 5.98. The van der Waals surface area contributed by atoms with Gasteiger partial charge in [0.1, 0.15) is 0 Å². The molecule has 0 aliphatic carbocycles. The van der Waals surface area contributed by atoms with E-state index in [2.05, 4.69) is 4.98 Å². The fraction of sp³-hybridized carbons (Fsp3) is 0.471. The molecule has 2 atom stereocenters. The lowest BCUT2D eigenvalue weighted by Gasteiger charge is -2.37. The minimum absolute atomic E-state index is 0.276. The molecular formula is C17H22N2O3S. The number of fused-ring (bicyclic) bond motifs is 1. The SMILES string of the molecule is CCC(O)C1CCCCN1S(=O)(=O)c1cccc2ncccc12. The molecule has 23 heavy (non-hydrogen) atoms. The lowest BCUT2D eigenvalue weighted by Crippen LogP contribution is -2.49. The van der Waals surface area contributed by atoms with Gasteiger partial charge in [0.05, 0.1) is 22.6 Å². The van der Waals surface area contributed by atoms with E-state index in [1.807, 2.05) is 13.0 Å². The van der Waals surface area contributed by atoms with Gasteiger partial charge in [-0.3, -0.25) is 4.98 Å². The number of rotatable bonds is 4. The molecule has 0 saturated carbocycles. The molecule has 5 nitrogen and oxygen atoms in total. The molecule has 1 aromatic carbocycles. The van der Waals surface area contributed by atoms with Crippen molar-refractivity contribution in [1.82, 2.24) is 9.29 Å². The molecule has 1 fully saturated rings. The molecule has 2 unspecified atom stereocenters. The van der Waals surface area contributed by atoms with E-state index < -0.39 is 16.1 Å². The summed E-state index contributed by atoms with van der Waals surface area (Å²) in [4.78, 5) is 4.51. The molecule has 2 heterocycles. The Balaban J connectivity index is 2.08. The molecule has 1 aromatic heterocycles. The summed E-state index contributed by atoms with van der Waals surface area (Å²) < 4.78 is 27.9. The molecule has 2 aromatic rings. The molecule has 1 aliphatic heterocycles. The second-order valence-corrected chi connectivity index (χ2v) is 7.84. The van der Waals surface area contributed by atoms with E-state index in [0.717, 1.165) is 12.8 Å². The van der Waals surface area contributed by atoms with Crippen LogP contribution in [-0.4, -0.2) is 41.5 Å². The molecule has 0 spiro atoms. The zero-order valence-corrected chi connectivity index (χ0v) is 14.0. The smallest absolute Gasteiger partial charge is 0.244 e. The van der Waals surface area contributed by atoms with Gasteiger partial charge in [0.15, 0.2) is 0 Å². The predicted molar refractivity (Wildman–Crippen MR) is 89.6 cm³/mol. The van der Waals surface area contributed by atoms with Crippen LogP contribution < -0.4 is 0 Å². The first-order chi connectivity index (χ1) is 11.1. The van der Waals surface area contributed by atoms with Gasteiger partial charge in [-0.05, 0) is 43.5 Å². The molecule has 0 radical (unpaired) electrons. The van der Waals surface area contributed by atoms with E-state index in [1.54, 1.807) is 30.5 Å². The third-order valence-corrected chi connectivity index (χ3v) is 6.54. The zero-order chi connectivity index (χ0) is 16.4. The van der Waals surface area contributed by atoms with Crippen molar-refractivity contribution in [1.29, 1.82) is 0 Å². The predicted octanol–water partition coefficient (Wildman–Crippen LogP) is 2.55. The van der Waals surface area contributed by atoms with Crippen molar-refractivity contribution in [2.24, 2.45) is 0 Å². The highest BCUT2D eigenvalue weighted by Crippen LogP contribution is 2.31. The number of benzene rings is 1. The highest BCUT2D eigenvalue weighted by atomic mass is 32.2. The van der Waals surface area contributed by atoms with Crippen LogP contribution in [0.4, 0.5) is 0 Å². The Morgan fingerprint density at radius 2 is 2.13 bits per heavy atom. The number of piperidine rings is 1. The van der Waals surface area contributed by atoms with Crippen molar-refractivity contribution in [3.05, 3.63) is 36.5 Å². The zero-order valence-electron chi connectivity index (χ0n) is 13.2. The lowest BCUT2D eigenvalue weighted by molar-refractivity contribution is 0.0668. The second kappa shape index (κ2) is 6.55. The Morgan fingerprint density at radius 1 is 1.30 bits per heavy atom. The summed E-state index contributed by atoms with van der Waals surface area (Å²) in [6.45, 7) is 2.34. The van der Waals surface area contributed by atoms with Crippen molar-refractivity contribution in [3.8, 4) is 0 Å². The van der Waals surface area contributed by atoms with E-state index in [1.165, 1.54) is 4.31 Å². The number of pyridine rings is 1. The number of aromatic nitrogens is 1. The third-order valence-electron chi connectivity index (χ3n) is 4.55. The molecule has 124 valence electrons. The van der Waals surface area contributed by atoms with Crippen LogP contribution in [0.25, 0.3) is 10.9 Å². The first-order valence-corrected chi connectivity index (χ1v) is 9.53. The highest BCUT2D eigenvalue weighted by molar-refractivity contribution is 7.89. The molecule has 0 bridgehead atoms. The van der Waals surface area contributed by atoms with Crippen molar-refractivity contribution in [3.63, 3.8) is 0 Å². The topological polar surface area (TPSA) is 70.5 Å². The largest absolute Gasteiger partial charge is 0.391 e. The van der Waals surface area contributed by atoms with Crippen LogP contribution in [0.5, 0.6) is 0 Å². The quantitative estimate of drug-likeness (QED) is 0.933. The first kappa shape index (κ1) is 16.4. The van der Waals surface area contributed by atoms with Gasteiger partial charge in [-0.25, -0.2) is 8.42 Å². The number of sulfonamides is 1. The minimum atomic E-state index is -3.66. The van der Waals surface area contributed by atoms with Gasteiger partial charge < -0.3 is 5.11 Å². The van der Waals surface area contributed by atoms with E-state index in [0.29, 0.717) is 30.3 Å². The molecule has 1 N–H and O–H groups in total. The summed E-state index contributed by atoms with van der Waals surface area (Å²) >= 11 is 0. The van der Waals surface area contributed by atoms with E-state index >= 15 is 0 Å². The number of aliphatic hydroxyl groups is 1. The summed E-state index contributed by atoms with van der Waals surface area (Å²) in [6, 6.07) is 8.34. The number of hydrogen-bond donors (Lipinski definition) is 1. The molecule has 3 rings (SSSR count). The highest BCUT2D eigenvalue weighted by Gasteiger charge is 2.37. The minimum Gasteiger partial charge on any atom is -0.391 e. The fourth-order valence-electron chi connectivity index (χ4n) is 3.31. The molecule has 6 heteroatoms. The van der Waals surface area contributed by atoms with Gasteiger partial charge >= 0.3 is 0 Å².